The number of nitrogens with one attached hydrogen (secondary N) is 1. The van der Waals surface area contributed by atoms with Crippen LogP contribution in [0.2, 0.25) is 0 Å². The van der Waals surface area contributed by atoms with Crippen molar-refractivity contribution in [3.05, 3.63) is 42.6 Å². The maximum atomic E-state index is 9.94. The Morgan fingerprint density at radius 1 is 1.25 bits per heavy atom. The predicted molar refractivity (Wildman–Crippen MR) is 49.9 cm³/mol. The summed E-state index contributed by atoms with van der Waals surface area (Å²) in [7, 11) is 0. The fourth-order valence-corrected chi connectivity index (χ4v) is 0.813. The zero-order chi connectivity index (χ0) is 8.65. The Labute approximate surface area is 71.9 Å². The van der Waals surface area contributed by atoms with Gasteiger partial charge in [0.25, 0.3) is 0 Å². The van der Waals surface area contributed by atoms with Crippen LogP contribution < -0.4 is 5.32 Å². The van der Waals surface area contributed by atoms with Crippen LogP contribution in [0.25, 0.3) is 0 Å². The lowest BCUT2D eigenvalue weighted by molar-refractivity contribution is -0.107. The van der Waals surface area contributed by atoms with Crippen molar-refractivity contribution in [1.29, 1.82) is 0 Å². The van der Waals surface area contributed by atoms with Gasteiger partial charge in [-0.25, -0.2) is 0 Å². The van der Waals surface area contributed by atoms with Gasteiger partial charge in [0.2, 0.25) is 0 Å². The van der Waals surface area contributed by atoms with Crippen LogP contribution in [-0.2, 0) is 4.79 Å². The van der Waals surface area contributed by atoms with Crippen LogP contribution in [0.3, 0.4) is 0 Å². The number of benzene rings is 1. The third-order valence-electron chi connectivity index (χ3n) is 1.37. The van der Waals surface area contributed by atoms with Crippen LogP contribution in [0.1, 0.15) is 6.42 Å². The van der Waals surface area contributed by atoms with E-state index in [4.69, 9.17) is 0 Å². The van der Waals surface area contributed by atoms with Crippen molar-refractivity contribution in [2.24, 2.45) is 0 Å². The Morgan fingerprint density at radius 3 is 2.67 bits per heavy atom. The van der Waals surface area contributed by atoms with Crippen LogP contribution in [0.15, 0.2) is 42.6 Å². The highest BCUT2D eigenvalue weighted by Gasteiger charge is 1.81. The van der Waals surface area contributed by atoms with Crippen LogP contribution in [-0.4, -0.2) is 6.29 Å². The average Bonchev–Trinajstić information content (AvgIpc) is 2.14. The predicted octanol–water partition coefficient (Wildman–Crippen LogP) is 2.20. The fraction of sp³-hybridized carbons (Fsp3) is 0.100. The Bertz CT molecular complexity index is 254. The molecule has 2 nitrogen and oxygen atoms in total. The lowest BCUT2D eigenvalue weighted by Gasteiger charge is -1.97. The number of hydrogen-bond acceptors (Lipinski definition) is 2. The molecule has 1 N–H and O–H groups in total. The number of hydrogen-bond donors (Lipinski definition) is 1. The van der Waals surface area contributed by atoms with Crippen LogP contribution >= 0.6 is 0 Å². The molecule has 0 spiro atoms. The van der Waals surface area contributed by atoms with Crippen molar-refractivity contribution in [1.82, 2.24) is 0 Å². The molecule has 0 saturated heterocycles. The number of aldehydes is 1. The van der Waals surface area contributed by atoms with Crippen molar-refractivity contribution in [2.75, 3.05) is 5.32 Å². The summed E-state index contributed by atoms with van der Waals surface area (Å²) in [5, 5.41) is 3.04. The Hall–Kier alpha value is -1.57. The van der Waals surface area contributed by atoms with E-state index in [1.165, 1.54) is 0 Å². The summed E-state index contributed by atoms with van der Waals surface area (Å²) >= 11 is 0. The van der Waals surface area contributed by atoms with Crippen molar-refractivity contribution in [3.8, 4) is 0 Å². The molecule has 1 rings (SSSR count). The van der Waals surface area contributed by atoms with Crippen LogP contribution in [0.5, 0.6) is 0 Å². The summed E-state index contributed by atoms with van der Waals surface area (Å²) in [6, 6.07) is 9.79. The van der Waals surface area contributed by atoms with Gasteiger partial charge in [0.1, 0.15) is 6.29 Å². The zero-order valence-corrected chi connectivity index (χ0v) is 6.73. The molecule has 0 aliphatic rings. The Morgan fingerprint density at radius 2 is 2.00 bits per heavy atom. The molecule has 0 aliphatic carbocycles. The van der Waals surface area contributed by atoms with Gasteiger partial charge >= 0.3 is 0 Å². The first-order valence-corrected chi connectivity index (χ1v) is 3.83. The number of allylic oxidation sites excluding steroid dienone is 1. The molecule has 0 saturated carbocycles. The lowest BCUT2D eigenvalue weighted by Crippen LogP contribution is -1.85. The zero-order valence-electron chi connectivity index (χ0n) is 6.73. The number of carbonyl (C=O) groups excluding carboxylic acids is 1. The standard InChI is InChI=1S/C10H11NO/c12-9-5-4-8-11-10-6-2-1-3-7-10/h1-4,6-9,11H,5H2/b8-4+. The van der Waals surface area contributed by atoms with Gasteiger partial charge in [0, 0.05) is 12.1 Å². The molecule has 12 heavy (non-hydrogen) atoms. The fourth-order valence-electron chi connectivity index (χ4n) is 0.813. The molecule has 0 fully saturated rings. The summed E-state index contributed by atoms with van der Waals surface area (Å²) < 4.78 is 0. The second-order valence-electron chi connectivity index (χ2n) is 2.32. The number of anilines is 1. The highest BCUT2D eigenvalue weighted by molar-refractivity contribution is 5.52. The van der Waals surface area contributed by atoms with Crippen LogP contribution in [0.4, 0.5) is 5.69 Å². The largest absolute Gasteiger partial charge is 0.362 e. The molecule has 0 amide bonds. The van der Waals surface area contributed by atoms with Crippen molar-refractivity contribution >= 4 is 12.0 Å². The van der Waals surface area contributed by atoms with Gasteiger partial charge in [-0.3, -0.25) is 0 Å². The number of rotatable bonds is 4. The second kappa shape index (κ2) is 5.13. The normalized spacial score (nSPS) is 10.0. The molecule has 2 heteroatoms. The molecular weight excluding hydrogens is 150 g/mol. The van der Waals surface area contributed by atoms with Gasteiger partial charge in [-0.05, 0) is 18.3 Å². The molecule has 0 atom stereocenters. The van der Waals surface area contributed by atoms with Gasteiger partial charge in [0.15, 0.2) is 0 Å². The van der Waals surface area contributed by atoms with E-state index in [1.54, 1.807) is 12.3 Å². The molecule has 62 valence electrons. The minimum absolute atomic E-state index is 0.458. The van der Waals surface area contributed by atoms with E-state index >= 15 is 0 Å². The van der Waals surface area contributed by atoms with Gasteiger partial charge in [-0.1, -0.05) is 24.3 Å². The maximum absolute atomic E-state index is 9.94. The minimum Gasteiger partial charge on any atom is -0.362 e. The topological polar surface area (TPSA) is 29.1 Å². The summed E-state index contributed by atoms with van der Waals surface area (Å²) in [6.07, 6.45) is 4.87. The first-order valence-electron chi connectivity index (χ1n) is 3.83. The van der Waals surface area contributed by atoms with E-state index < -0.39 is 0 Å². The highest BCUT2D eigenvalue weighted by atomic mass is 16.1. The van der Waals surface area contributed by atoms with Gasteiger partial charge in [-0.15, -0.1) is 0 Å². The van der Waals surface area contributed by atoms with E-state index in [9.17, 15) is 4.79 Å². The average molecular weight is 161 g/mol. The monoisotopic (exact) mass is 161 g/mol. The second-order valence-corrected chi connectivity index (χ2v) is 2.32. The van der Waals surface area contributed by atoms with Crippen LogP contribution in [0, 0.1) is 0 Å². The van der Waals surface area contributed by atoms with E-state index in [2.05, 4.69) is 5.32 Å². The molecule has 0 bridgehead atoms. The summed E-state index contributed by atoms with van der Waals surface area (Å²) in [6.45, 7) is 0. The molecule has 1 aromatic carbocycles. The van der Waals surface area contributed by atoms with Crippen molar-refractivity contribution in [2.45, 2.75) is 6.42 Å². The minimum atomic E-state index is 0.458. The number of para-hydroxylation sites is 1. The van der Waals surface area contributed by atoms with Gasteiger partial charge in [0.05, 0.1) is 0 Å². The Balaban J connectivity index is 2.38. The summed E-state index contributed by atoms with van der Waals surface area (Å²) in [5.41, 5.74) is 1.03. The van der Waals surface area contributed by atoms with Crippen molar-refractivity contribution in [3.63, 3.8) is 0 Å². The van der Waals surface area contributed by atoms with Gasteiger partial charge < -0.3 is 10.1 Å². The first-order chi connectivity index (χ1) is 5.93. The molecule has 0 aromatic heterocycles. The van der Waals surface area contributed by atoms with E-state index in [1.807, 2.05) is 30.3 Å². The summed E-state index contributed by atoms with van der Waals surface area (Å²) in [5.74, 6) is 0. The van der Waals surface area contributed by atoms with E-state index in [0.717, 1.165) is 12.0 Å². The molecule has 0 aliphatic heterocycles. The molecule has 0 radical (unpaired) electrons. The highest BCUT2D eigenvalue weighted by Crippen LogP contribution is 2.03. The third-order valence-corrected chi connectivity index (χ3v) is 1.37. The van der Waals surface area contributed by atoms with Gasteiger partial charge in [-0.2, -0.15) is 0 Å². The lowest BCUT2D eigenvalue weighted by atomic mass is 10.3. The van der Waals surface area contributed by atoms with Crippen molar-refractivity contribution < 1.29 is 4.79 Å². The summed E-state index contributed by atoms with van der Waals surface area (Å²) in [4.78, 5) is 9.94. The number of carbonyl (C=O) groups is 1. The Kier molecular flexibility index (Phi) is 3.64. The first kappa shape index (κ1) is 8.53. The molecular formula is C10H11NO. The quantitative estimate of drug-likeness (QED) is 0.686. The van der Waals surface area contributed by atoms with E-state index in [0.29, 0.717) is 6.42 Å². The smallest absolute Gasteiger partial charge is 0.123 e. The maximum Gasteiger partial charge on any atom is 0.123 e. The molecule has 0 unspecified atom stereocenters. The van der Waals surface area contributed by atoms with E-state index in [-0.39, 0.29) is 0 Å². The third kappa shape index (κ3) is 3.01. The molecule has 1 aromatic rings. The SMILES string of the molecule is O=CC/C=C/Nc1ccccc1. The molecule has 0 heterocycles.